The maximum Gasteiger partial charge on any atom is 0.456 e. The smallest absolute Gasteiger partial charge is 0.324 e. The number of rotatable bonds is 6. The van der Waals surface area contributed by atoms with E-state index >= 15 is 0 Å². The maximum absolute atomic E-state index is 12.0. The van der Waals surface area contributed by atoms with Gasteiger partial charge in [0.15, 0.2) is 0 Å². The van der Waals surface area contributed by atoms with Gasteiger partial charge in [0, 0.05) is 21.3 Å². The highest BCUT2D eigenvalue weighted by Gasteiger charge is 2.33. The van der Waals surface area contributed by atoms with E-state index in [1.807, 2.05) is 0 Å². The van der Waals surface area contributed by atoms with Crippen LogP contribution in [0.5, 0.6) is 0 Å². The predicted molar refractivity (Wildman–Crippen MR) is 65.4 cm³/mol. The fraction of sp³-hybridized carbons (Fsp3) is 1.00. The van der Waals surface area contributed by atoms with Gasteiger partial charge in [0.05, 0.1) is 0 Å². The Balaban J connectivity index is 5.67. The minimum Gasteiger partial charge on any atom is -0.324 e. The lowest BCUT2D eigenvalue weighted by Crippen LogP contribution is -2.22. The molecule has 0 aliphatic heterocycles. The van der Waals surface area contributed by atoms with Gasteiger partial charge in [-0.25, -0.2) is 13.9 Å². The summed E-state index contributed by atoms with van der Waals surface area (Å²) in [6.45, 7) is 0. The van der Waals surface area contributed by atoms with Crippen LogP contribution in [0, 0.1) is 0 Å². The van der Waals surface area contributed by atoms with Gasteiger partial charge in [-0.15, -0.1) is 4.52 Å². The maximum atomic E-state index is 12.0. The minimum absolute atomic E-state index is 1.30. The summed E-state index contributed by atoms with van der Waals surface area (Å²) in [5.41, 5.74) is 0. The average Bonchev–Trinajstić information content (AvgIpc) is 2.24. The molecule has 0 radical (unpaired) electrons. The third kappa shape index (κ3) is 3.37. The van der Waals surface area contributed by atoms with Gasteiger partial charge < -0.3 is 4.52 Å². The Morgan fingerprint density at radius 2 is 1.25 bits per heavy atom. The van der Waals surface area contributed by atoms with E-state index in [1.165, 1.54) is 21.3 Å². The van der Waals surface area contributed by atoms with Crippen molar-refractivity contribution in [2.75, 3.05) is 49.5 Å². The Morgan fingerprint density at radius 3 is 1.44 bits per heavy atom. The molecular formula is C7H21N3O4P2. The summed E-state index contributed by atoms with van der Waals surface area (Å²) in [5.74, 6) is 0. The molecule has 0 aliphatic rings. The molecule has 98 valence electrons. The zero-order valence-electron chi connectivity index (χ0n) is 10.9. The van der Waals surface area contributed by atoms with Crippen molar-refractivity contribution in [2.45, 2.75) is 0 Å². The van der Waals surface area contributed by atoms with Crippen molar-refractivity contribution < 1.29 is 18.1 Å². The fourth-order valence-corrected chi connectivity index (χ4v) is 5.99. The first-order valence-corrected chi connectivity index (χ1v) is 7.60. The van der Waals surface area contributed by atoms with E-state index in [1.54, 1.807) is 37.5 Å². The zero-order valence-corrected chi connectivity index (χ0v) is 12.7. The molecule has 0 bridgehead atoms. The molecule has 16 heavy (non-hydrogen) atoms. The summed E-state index contributed by atoms with van der Waals surface area (Å²) in [5, 5.41) is 0. The molecule has 0 fully saturated rings. The summed E-state index contributed by atoms with van der Waals surface area (Å²) in [7, 11) is 5.36. The Labute approximate surface area is 97.5 Å². The van der Waals surface area contributed by atoms with E-state index in [0.29, 0.717) is 0 Å². The van der Waals surface area contributed by atoms with Crippen molar-refractivity contribution in [3.8, 4) is 0 Å². The van der Waals surface area contributed by atoms with E-state index in [4.69, 9.17) is 13.6 Å². The van der Waals surface area contributed by atoms with Crippen LogP contribution in [-0.2, 0) is 18.1 Å². The number of nitrogens with zero attached hydrogens (tertiary/aromatic N) is 3. The topological polar surface area (TPSA) is 63.6 Å². The summed E-state index contributed by atoms with van der Waals surface area (Å²) in [4.78, 5) is 0. The van der Waals surface area contributed by atoms with Gasteiger partial charge in [-0.3, -0.25) is 9.05 Å². The number of hydrogen-bond donors (Lipinski definition) is 0. The lowest BCUT2D eigenvalue weighted by atomic mass is 11.3. The second kappa shape index (κ2) is 6.26. The Bertz CT molecular complexity index is 299. The van der Waals surface area contributed by atoms with Crippen molar-refractivity contribution in [3.63, 3.8) is 0 Å². The molecule has 0 saturated heterocycles. The summed E-state index contributed by atoms with van der Waals surface area (Å²) >= 11 is 0. The lowest BCUT2D eigenvalue weighted by Gasteiger charge is -2.34. The molecule has 0 spiro atoms. The fourth-order valence-electron chi connectivity index (χ4n) is 1.17. The Kier molecular flexibility index (Phi) is 6.36. The van der Waals surface area contributed by atoms with Crippen molar-refractivity contribution in [3.05, 3.63) is 0 Å². The quantitative estimate of drug-likeness (QED) is 0.690. The molecule has 0 aromatic heterocycles. The second-order valence-corrected chi connectivity index (χ2v) is 8.69. The standard InChI is InChI=1S/C7H21N3O4P2/c1-9(2)15(12-5,10(3)4)8-16(11,13-6)14-7/h1-7H3. The van der Waals surface area contributed by atoms with Gasteiger partial charge >= 0.3 is 7.75 Å². The first kappa shape index (κ1) is 16.3. The first-order chi connectivity index (χ1) is 7.28. The number of hydrogen-bond acceptors (Lipinski definition) is 4. The van der Waals surface area contributed by atoms with Crippen LogP contribution in [0.15, 0.2) is 4.52 Å². The van der Waals surface area contributed by atoms with Crippen molar-refractivity contribution in [1.29, 1.82) is 0 Å². The average molecular weight is 273 g/mol. The highest BCUT2D eigenvalue weighted by molar-refractivity contribution is 7.66. The molecule has 9 heteroatoms. The molecule has 0 rings (SSSR count). The molecule has 0 aliphatic carbocycles. The molecule has 0 N–H and O–H groups in total. The molecule has 0 heterocycles. The molecule has 0 aromatic carbocycles. The van der Waals surface area contributed by atoms with Crippen LogP contribution in [0.25, 0.3) is 0 Å². The molecule has 0 amide bonds. The van der Waals surface area contributed by atoms with Crippen LogP contribution in [0.4, 0.5) is 0 Å². The van der Waals surface area contributed by atoms with Crippen LogP contribution in [0.3, 0.4) is 0 Å². The summed E-state index contributed by atoms with van der Waals surface area (Å²) < 4.78 is 34.8. The van der Waals surface area contributed by atoms with E-state index in [2.05, 4.69) is 4.52 Å². The van der Waals surface area contributed by atoms with Gasteiger partial charge in [-0.2, -0.15) is 0 Å². The third-order valence-corrected chi connectivity index (χ3v) is 7.28. The molecule has 0 atom stereocenters. The van der Waals surface area contributed by atoms with Gasteiger partial charge in [-0.1, -0.05) is 0 Å². The SMILES string of the molecule is COP(=O)(N=P(OC)(N(C)C)N(C)C)OC. The summed E-state index contributed by atoms with van der Waals surface area (Å²) in [6, 6.07) is 0. The lowest BCUT2D eigenvalue weighted by molar-refractivity contribution is 0.274. The van der Waals surface area contributed by atoms with Crippen LogP contribution in [0.1, 0.15) is 0 Å². The van der Waals surface area contributed by atoms with E-state index in [-0.39, 0.29) is 0 Å². The van der Waals surface area contributed by atoms with Crippen molar-refractivity contribution >= 4 is 15.3 Å². The summed E-state index contributed by atoms with van der Waals surface area (Å²) in [6.07, 6.45) is 0. The zero-order chi connectivity index (χ0) is 13.0. The van der Waals surface area contributed by atoms with Gasteiger partial charge in [0.1, 0.15) is 0 Å². The van der Waals surface area contributed by atoms with Crippen LogP contribution < -0.4 is 0 Å². The first-order valence-electron chi connectivity index (χ1n) is 4.54. The van der Waals surface area contributed by atoms with E-state index < -0.39 is 15.3 Å². The second-order valence-electron chi connectivity index (χ2n) is 3.31. The van der Waals surface area contributed by atoms with E-state index in [9.17, 15) is 4.57 Å². The largest absolute Gasteiger partial charge is 0.456 e. The molecule has 7 nitrogen and oxygen atoms in total. The van der Waals surface area contributed by atoms with Crippen LogP contribution in [-0.4, -0.2) is 58.9 Å². The van der Waals surface area contributed by atoms with Gasteiger partial charge in [0.25, 0.3) is 0 Å². The van der Waals surface area contributed by atoms with Crippen molar-refractivity contribution in [1.82, 2.24) is 9.34 Å². The van der Waals surface area contributed by atoms with Crippen LogP contribution >= 0.6 is 15.3 Å². The van der Waals surface area contributed by atoms with Gasteiger partial charge in [0.2, 0.25) is 7.58 Å². The molecular weight excluding hydrogens is 252 g/mol. The van der Waals surface area contributed by atoms with Crippen molar-refractivity contribution in [2.24, 2.45) is 4.52 Å². The Hall–Kier alpha value is 0.260. The van der Waals surface area contributed by atoms with Crippen LogP contribution in [0.2, 0.25) is 0 Å². The molecule has 0 aromatic rings. The minimum atomic E-state index is -3.46. The highest BCUT2D eigenvalue weighted by atomic mass is 31.2. The van der Waals surface area contributed by atoms with E-state index in [0.717, 1.165) is 0 Å². The molecule has 0 unspecified atom stereocenters. The van der Waals surface area contributed by atoms with Gasteiger partial charge in [-0.05, 0) is 28.2 Å². The Morgan fingerprint density at radius 1 is 0.875 bits per heavy atom. The monoisotopic (exact) mass is 273 g/mol. The normalized spacial score (nSPS) is 13.6. The predicted octanol–water partition coefficient (Wildman–Crippen LogP) is 2.10. The molecule has 0 saturated carbocycles. The highest BCUT2D eigenvalue weighted by Crippen LogP contribution is 2.64. The third-order valence-electron chi connectivity index (χ3n) is 1.97.